The zero-order chi connectivity index (χ0) is 17.9. The van der Waals surface area contributed by atoms with Crippen LogP contribution in [0.5, 0.6) is 0 Å². The fourth-order valence-corrected chi connectivity index (χ4v) is 2.65. The first-order valence-electron chi connectivity index (χ1n) is 6.73. The van der Waals surface area contributed by atoms with Gasteiger partial charge in [-0.1, -0.05) is 18.7 Å². The molecule has 0 N–H and O–H groups in total. The second-order valence-electron chi connectivity index (χ2n) is 4.58. The van der Waals surface area contributed by atoms with Gasteiger partial charge in [0.05, 0.1) is 12.6 Å². The molecule has 2 aromatic rings. The van der Waals surface area contributed by atoms with Crippen molar-refractivity contribution in [2.24, 2.45) is 0 Å². The number of aromatic nitrogens is 3. The highest BCUT2D eigenvalue weighted by Gasteiger charge is 2.16. The molecule has 0 aliphatic carbocycles. The molecule has 24 heavy (non-hydrogen) atoms. The van der Waals surface area contributed by atoms with Gasteiger partial charge in [0, 0.05) is 11.6 Å². The third kappa shape index (κ3) is 3.51. The molecule has 0 aliphatic rings. The molecular formula is C14H11F3N4O2S. The Bertz CT molecular complexity index is 933. The summed E-state index contributed by atoms with van der Waals surface area (Å²) in [6.45, 7) is 0.769. The Morgan fingerprint density at radius 2 is 1.83 bits per heavy atom. The molecule has 0 atom stereocenters. The maximum Gasteiger partial charge on any atom is 0.355 e. The largest absolute Gasteiger partial charge is 0.355 e. The third-order valence-electron chi connectivity index (χ3n) is 3.03. The van der Waals surface area contributed by atoms with E-state index in [0.717, 1.165) is 16.3 Å². The summed E-state index contributed by atoms with van der Waals surface area (Å²) in [5.41, 5.74) is -2.06. The van der Waals surface area contributed by atoms with E-state index in [4.69, 9.17) is 5.26 Å². The lowest BCUT2D eigenvalue weighted by molar-refractivity contribution is 0.479. The summed E-state index contributed by atoms with van der Waals surface area (Å²) in [6.07, 6.45) is 0. The first-order valence-corrected chi connectivity index (χ1v) is 7.72. The van der Waals surface area contributed by atoms with E-state index in [1.54, 1.807) is 13.0 Å². The molecule has 0 amide bonds. The molecule has 0 unspecified atom stereocenters. The highest BCUT2D eigenvalue weighted by molar-refractivity contribution is 7.99. The lowest BCUT2D eigenvalue weighted by Gasteiger charge is -2.13. The lowest BCUT2D eigenvalue weighted by Crippen LogP contribution is -2.42. The highest BCUT2D eigenvalue weighted by atomic mass is 32.2. The number of benzene rings is 1. The summed E-state index contributed by atoms with van der Waals surface area (Å²) in [5, 5.41) is 8.70. The van der Waals surface area contributed by atoms with E-state index in [0.29, 0.717) is 22.5 Å². The number of nitriles is 1. The summed E-state index contributed by atoms with van der Waals surface area (Å²) < 4.78 is 41.7. The van der Waals surface area contributed by atoms with Crippen molar-refractivity contribution < 1.29 is 13.2 Å². The van der Waals surface area contributed by atoms with E-state index < -0.39 is 41.9 Å². The van der Waals surface area contributed by atoms with Gasteiger partial charge in [0.25, 0.3) is 0 Å². The van der Waals surface area contributed by atoms with E-state index >= 15 is 0 Å². The van der Waals surface area contributed by atoms with E-state index in [2.05, 4.69) is 4.98 Å². The van der Waals surface area contributed by atoms with Crippen molar-refractivity contribution in [2.45, 2.75) is 25.2 Å². The molecule has 126 valence electrons. The Hall–Kier alpha value is -2.54. The third-order valence-corrected chi connectivity index (χ3v) is 3.89. The molecule has 1 heterocycles. The van der Waals surface area contributed by atoms with Crippen molar-refractivity contribution in [1.29, 1.82) is 5.26 Å². The second kappa shape index (κ2) is 7.35. The fraction of sp³-hybridized carbons (Fsp3) is 0.286. The highest BCUT2D eigenvalue weighted by Crippen LogP contribution is 2.17. The summed E-state index contributed by atoms with van der Waals surface area (Å²) >= 11 is 1.05. The quantitative estimate of drug-likeness (QED) is 0.599. The lowest BCUT2D eigenvalue weighted by atomic mass is 10.2. The van der Waals surface area contributed by atoms with Crippen LogP contribution in [-0.2, 0) is 13.1 Å². The smallest absolute Gasteiger partial charge is 0.268 e. The van der Waals surface area contributed by atoms with Crippen LogP contribution < -0.4 is 11.4 Å². The molecule has 0 spiro atoms. The van der Waals surface area contributed by atoms with Crippen LogP contribution in [-0.4, -0.2) is 19.9 Å². The molecule has 0 bridgehead atoms. The Kier molecular flexibility index (Phi) is 5.46. The molecule has 0 radical (unpaired) electrons. The molecule has 10 heteroatoms. The van der Waals surface area contributed by atoms with Crippen LogP contribution in [0.1, 0.15) is 12.5 Å². The van der Waals surface area contributed by atoms with Crippen molar-refractivity contribution in [2.75, 3.05) is 5.75 Å². The van der Waals surface area contributed by atoms with Crippen LogP contribution in [0.4, 0.5) is 13.2 Å². The number of halogens is 3. The number of nitrogens with zero attached hydrogens (tertiary/aromatic N) is 4. The Morgan fingerprint density at radius 3 is 2.46 bits per heavy atom. The van der Waals surface area contributed by atoms with Gasteiger partial charge in [-0.2, -0.15) is 10.2 Å². The van der Waals surface area contributed by atoms with Crippen LogP contribution in [0.25, 0.3) is 0 Å². The standard InChI is InChI=1S/C14H11F3N4O2S/c1-2-24-13-19-12(22)20(4-3-18)14(23)21(13)7-8-5-10(16)11(17)6-9(8)15/h5-6H,2,4,7H2,1H3. The van der Waals surface area contributed by atoms with E-state index in [1.807, 2.05) is 0 Å². The Morgan fingerprint density at radius 1 is 1.17 bits per heavy atom. The van der Waals surface area contributed by atoms with E-state index in [9.17, 15) is 22.8 Å². The number of hydrogen-bond donors (Lipinski definition) is 0. The van der Waals surface area contributed by atoms with Crippen molar-refractivity contribution in [3.05, 3.63) is 56.1 Å². The van der Waals surface area contributed by atoms with Crippen LogP contribution in [0.15, 0.2) is 26.9 Å². The Labute approximate surface area is 138 Å². The van der Waals surface area contributed by atoms with Crippen molar-refractivity contribution in [3.8, 4) is 6.07 Å². The predicted molar refractivity (Wildman–Crippen MR) is 80.2 cm³/mol. The molecule has 1 aromatic heterocycles. The SMILES string of the molecule is CCSc1nc(=O)n(CC#N)c(=O)n1Cc1cc(F)c(F)cc1F. The van der Waals surface area contributed by atoms with Gasteiger partial charge in [-0.3, -0.25) is 4.57 Å². The first kappa shape index (κ1) is 17.8. The van der Waals surface area contributed by atoms with Gasteiger partial charge in [-0.25, -0.2) is 27.3 Å². The molecule has 6 nitrogen and oxygen atoms in total. The van der Waals surface area contributed by atoms with Gasteiger partial charge in [0.2, 0.25) is 0 Å². The predicted octanol–water partition coefficient (Wildman–Crippen LogP) is 1.51. The minimum absolute atomic E-state index is 0.00539. The van der Waals surface area contributed by atoms with Crippen molar-refractivity contribution in [1.82, 2.24) is 14.1 Å². The number of hydrogen-bond acceptors (Lipinski definition) is 5. The monoisotopic (exact) mass is 356 g/mol. The zero-order valence-electron chi connectivity index (χ0n) is 12.4. The topological polar surface area (TPSA) is 80.7 Å². The minimum atomic E-state index is -1.35. The van der Waals surface area contributed by atoms with Crippen LogP contribution in [0.3, 0.4) is 0 Å². The maximum absolute atomic E-state index is 13.8. The molecule has 0 saturated carbocycles. The van der Waals surface area contributed by atoms with E-state index in [1.165, 1.54) is 0 Å². The molecule has 0 saturated heterocycles. The number of rotatable bonds is 5. The molecular weight excluding hydrogens is 345 g/mol. The summed E-state index contributed by atoms with van der Waals surface area (Å²) in [6, 6.07) is 2.67. The average molecular weight is 356 g/mol. The zero-order valence-corrected chi connectivity index (χ0v) is 13.2. The molecule has 1 aromatic carbocycles. The van der Waals surface area contributed by atoms with Gasteiger partial charge >= 0.3 is 11.4 Å². The van der Waals surface area contributed by atoms with Crippen molar-refractivity contribution in [3.63, 3.8) is 0 Å². The van der Waals surface area contributed by atoms with Gasteiger partial charge < -0.3 is 0 Å². The van der Waals surface area contributed by atoms with Gasteiger partial charge in [-0.05, 0) is 11.8 Å². The first-order chi connectivity index (χ1) is 11.4. The summed E-state index contributed by atoms with van der Waals surface area (Å²) in [5.74, 6) is -3.18. The van der Waals surface area contributed by atoms with Crippen LogP contribution in [0.2, 0.25) is 0 Å². The molecule has 2 rings (SSSR count). The average Bonchev–Trinajstić information content (AvgIpc) is 2.52. The van der Waals surface area contributed by atoms with Gasteiger partial charge in [-0.15, -0.1) is 0 Å². The maximum atomic E-state index is 13.8. The van der Waals surface area contributed by atoms with E-state index in [-0.39, 0.29) is 10.7 Å². The van der Waals surface area contributed by atoms with Crippen molar-refractivity contribution >= 4 is 11.8 Å². The normalized spacial score (nSPS) is 10.6. The van der Waals surface area contributed by atoms with Crippen LogP contribution >= 0.6 is 11.8 Å². The molecule has 0 fully saturated rings. The summed E-state index contributed by atoms with van der Waals surface area (Å²) in [7, 11) is 0. The fourth-order valence-electron chi connectivity index (χ4n) is 1.95. The van der Waals surface area contributed by atoms with Crippen LogP contribution in [0, 0.1) is 28.8 Å². The molecule has 0 aliphatic heterocycles. The summed E-state index contributed by atoms with van der Waals surface area (Å²) in [4.78, 5) is 27.9. The minimum Gasteiger partial charge on any atom is -0.268 e. The van der Waals surface area contributed by atoms with Gasteiger partial charge in [0.1, 0.15) is 12.4 Å². The Balaban J connectivity index is 2.62. The van der Waals surface area contributed by atoms with Gasteiger partial charge in [0.15, 0.2) is 16.8 Å². The number of thioether (sulfide) groups is 1. The second-order valence-corrected chi connectivity index (χ2v) is 5.81.